The molecule has 0 saturated carbocycles. The first-order valence-corrected chi connectivity index (χ1v) is 6.68. The maximum absolute atomic E-state index is 4.56. The molecule has 2 aromatic rings. The van der Waals surface area contributed by atoms with Gasteiger partial charge < -0.3 is 10.2 Å². The highest BCUT2D eigenvalue weighted by Crippen LogP contribution is 2.09. The molecule has 2 N–H and O–H groups in total. The van der Waals surface area contributed by atoms with E-state index in [4.69, 9.17) is 0 Å². The zero-order valence-electron chi connectivity index (χ0n) is 10.8. The first kappa shape index (κ1) is 12.1. The van der Waals surface area contributed by atoms with E-state index in [-0.39, 0.29) is 0 Å². The molecule has 6 nitrogen and oxygen atoms in total. The van der Waals surface area contributed by atoms with E-state index in [1.165, 1.54) is 5.56 Å². The van der Waals surface area contributed by atoms with Gasteiger partial charge in [-0.15, -0.1) is 5.10 Å². The fourth-order valence-electron chi connectivity index (χ4n) is 2.21. The summed E-state index contributed by atoms with van der Waals surface area (Å²) in [6.45, 7) is 3.94. The van der Waals surface area contributed by atoms with Crippen LogP contribution in [-0.4, -0.2) is 46.3 Å². The second kappa shape index (κ2) is 5.79. The fraction of sp³-hybridized carbons (Fsp3) is 0.462. The summed E-state index contributed by atoms with van der Waals surface area (Å²) >= 11 is 0. The molecule has 3 rings (SSSR count). The van der Waals surface area contributed by atoms with Gasteiger partial charge in [0.2, 0.25) is 5.95 Å². The number of H-pyrrole nitrogens is 1. The van der Waals surface area contributed by atoms with Crippen LogP contribution < -0.4 is 10.2 Å². The number of rotatable bonds is 4. The highest BCUT2D eigenvalue weighted by atomic mass is 15.4. The highest BCUT2D eigenvalue weighted by Gasteiger charge is 2.14. The smallest absolute Gasteiger partial charge is 0.244 e. The van der Waals surface area contributed by atoms with Crippen LogP contribution in [0.4, 0.5) is 5.95 Å². The maximum atomic E-state index is 4.56. The summed E-state index contributed by atoms with van der Waals surface area (Å²) in [5, 5.41) is 10.7. The summed E-state index contributed by atoms with van der Waals surface area (Å²) in [7, 11) is 0. The number of hydrogen-bond acceptors (Lipinski definition) is 5. The van der Waals surface area contributed by atoms with E-state index in [1.54, 1.807) is 6.20 Å². The number of nitrogens with zero attached hydrogens (tertiary/aromatic N) is 4. The molecule has 1 aliphatic rings. The number of aryl methyl sites for hydroxylation is 2. The Balaban J connectivity index is 1.58. The van der Waals surface area contributed by atoms with Crippen LogP contribution in [0.1, 0.15) is 11.4 Å². The molecule has 3 heterocycles. The van der Waals surface area contributed by atoms with Crippen LogP contribution in [0, 0.1) is 0 Å². The number of aromatic nitrogens is 4. The molecule has 6 heteroatoms. The number of hydrogen-bond donors (Lipinski definition) is 2. The Kier molecular flexibility index (Phi) is 3.69. The molecular weight excluding hydrogens is 240 g/mol. The van der Waals surface area contributed by atoms with Gasteiger partial charge in [0, 0.05) is 45.0 Å². The van der Waals surface area contributed by atoms with E-state index >= 15 is 0 Å². The van der Waals surface area contributed by atoms with E-state index in [1.807, 2.05) is 12.3 Å². The number of pyridine rings is 1. The molecule has 1 aliphatic heterocycles. The average molecular weight is 258 g/mol. The van der Waals surface area contributed by atoms with Gasteiger partial charge in [-0.05, 0) is 18.1 Å². The predicted molar refractivity (Wildman–Crippen MR) is 73.1 cm³/mol. The van der Waals surface area contributed by atoms with E-state index in [0.717, 1.165) is 50.8 Å². The Bertz CT molecular complexity index is 503. The summed E-state index contributed by atoms with van der Waals surface area (Å²) in [6, 6.07) is 4.04. The molecule has 0 atom stereocenters. The molecule has 100 valence electrons. The molecule has 0 radical (unpaired) electrons. The van der Waals surface area contributed by atoms with E-state index in [9.17, 15) is 0 Å². The Morgan fingerprint density at radius 3 is 2.89 bits per heavy atom. The third-order valence-electron chi connectivity index (χ3n) is 3.29. The Morgan fingerprint density at radius 2 is 2.11 bits per heavy atom. The van der Waals surface area contributed by atoms with Gasteiger partial charge in [-0.25, -0.2) is 0 Å². The lowest BCUT2D eigenvalue weighted by molar-refractivity contribution is 0.580. The Morgan fingerprint density at radius 1 is 1.21 bits per heavy atom. The molecule has 0 aromatic carbocycles. The first-order valence-electron chi connectivity index (χ1n) is 6.68. The van der Waals surface area contributed by atoms with E-state index in [2.05, 4.69) is 36.4 Å². The van der Waals surface area contributed by atoms with Crippen LogP contribution in [0.25, 0.3) is 0 Å². The van der Waals surface area contributed by atoms with Crippen LogP contribution in [0.3, 0.4) is 0 Å². The number of anilines is 1. The van der Waals surface area contributed by atoms with Gasteiger partial charge in [0.05, 0.1) is 0 Å². The maximum Gasteiger partial charge on any atom is 0.244 e. The SMILES string of the molecule is c1cncc(CCc2nc(N3CCNCC3)n[nH]2)c1. The molecule has 0 unspecified atom stereocenters. The minimum absolute atomic E-state index is 0.822. The second-order valence-electron chi connectivity index (χ2n) is 4.68. The number of piperazine rings is 1. The van der Waals surface area contributed by atoms with Gasteiger partial charge in [0.1, 0.15) is 5.82 Å². The molecule has 2 aromatic heterocycles. The molecule has 0 aliphatic carbocycles. The second-order valence-corrected chi connectivity index (χ2v) is 4.68. The van der Waals surface area contributed by atoms with Crippen LogP contribution in [0.2, 0.25) is 0 Å². The third kappa shape index (κ3) is 3.08. The minimum atomic E-state index is 0.822. The van der Waals surface area contributed by atoms with Crippen molar-refractivity contribution in [2.75, 3.05) is 31.1 Å². The average Bonchev–Trinajstić information content (AvgIpc) is 2.96. The standard InChI is InChI=1S/C13H18N6/c1-2-11(10-15-5-1)3-4-12-16-13(18-17-12)19-8-6-14-7-9-19/h1-2,5,10,14H,3-4,6-9H2,(H,16,17,18). The van der Waals surface area contributed by atoms with Crippen molar-refractivity contribution in [3.8, 4) is 0 Å². The first-order chi connectivity index (χ1) is 9.42. The summed E-state index contributed by atoms with van der Waals surface area (Å²) in [6.07, 6.45) is 5.49. The van der Waals surface area contributed by atoms with Crippen molar-refractivity contribution >= 4 is 5.95 Å². The lowest BCUT2D eigenvalue weighted by Crippen LogP contribution is -2.44. The van der Waals surface area contributed by atoms with Crippen LogP contribution in [-0.2, 0) is 12.8 Å². The molecule has 1 fully saturated rings. The van der Waals surface area contributed by atoms with Gasteiger partial charge >= 0.3 is 0 Å². The molecule has 19 heavy (non-hydrogen) atoms. The quantitative estimate of drug-likeness (QED) is 0.830. The fourth-order valence-corrected chi connectivity index (χ4v) is 2.21. The largest absolute Gasteiger partial charge is 0.337 e. The molecule has 0 spiro atoms. The van der Waals surface area contributed by atoms with Crippen molar-refractivity contribution in [2.24, 2.45) is 0 Å². The summed E-state index contributed by atoms with van der Waals surface area (Å²) < 4.78 is 0. The molecular formula is C13H18N6. The molecule has 1 saturated heterocycles. The molecule has 0 bridgehead atoms. The van der Waals surface area contributed by atoms with Crippen molar-refractivity contribution < 1.29 is 0 Å². The summed E-state index contributed by atoms with van der Waals surface area (Å²) in [5.41, 5.74) is 1.22. The van der Waals surface area contributed by atoms with E-state index < -0.39 is 0 Å². The highest BCUT2D eigenvalue weighted by molar-refractivity contribution is 5.29. The van der Waals surface area contributed by atoms with Gasteiger partial charge in [-0.1, -0.05) is 6.07 Å². The van der Waals surface area contributed by atoms with Gasteiger partial charge in [0.25, 0.3) is 0 Å². The van der Waals surface area contributed by atoms with Crippen molar-refractivity contribution in [1.29, 1.82) is 0 Å². The van der Waals surface area contributed by atoms with Gasteiger partial charge in [-0.3, -0.25) is 10.1 Å². The zero-order chi connectivity index (χ0) is 12.9. The zero-order valence-corrected chi connectivity index (χ0v) is 10.8. The lowest BCUT2D eigenvalue weighted by atomic mass is 10.1. The lowest BCUT2D eigenvalue weighted by Gasteiger charge is -2.25. The summed E-state index contributed by atoms with van der Waals surface area (Å²) in [5.74, 6) is 1.76. The van der Waals surface area contributed by atoms with E-state index in [0.29, 0.717) is 0 Å². The van der Waals surface area contributed by atoms with Gasteiger partial charge in [0.15, 0.2) is 0 Å². The monoisotopic (exact) mass is 258 g/mol. The van der Waals surface area contributed by atoms with Crippen molar-refractivity contribution in [3.05, 3.63) is 35.9 Å². The predicted octanol–water partition coefficient (Wildman–Crippen LogP) is 0.394. The third-order valence-corrected chi connectivity index (χ3v) is 3.29. The Hall–Kier alpha value is -1.95. The van der Waals surface area contributed by atoms with Crippen molar-refractivity contribution in [1.82, 2.24) is 25.5 Å². The van der Waals surface area contributed by atoms with Crippen LogP contribution >= 0.6 is 0 Å². The topological polar surface area (TPSA) is 69.7 Å². The van der Waals surface area contributed by atoms with Gasteiger partial charge in [-0.2, -0.15) is 4.98 Å². The minimum Gasteiger partial charge on any atom is -0.337 e. The number of nitrogens with one attached hydrogen (secondary N) is 2. The normalized spacial score (nSPS) is 15.7. The van der Waals surface area contributed by atoms with Crippen molar-refractivity contribution in [2.45, 2.75) is 12.8 Å². The van der Waals surface area contributed by atoms with Crippen LogP contribution in [0.5, 0.6) is 0 Å². The Labute approximate surface area is 112 Å². The summed E-state index contributed by atoms with van der Waals surface area (Å²) in [4.78, 5) is 10.9. The van der Waals surface area contributed by atoms with Crippen molar-refractivity contribution in [3.63, 3.8) is 0 Å². The number of aromatic amines is 1. The molecule has 0 amide bonds. The van der Waals surface area contributed by atoms with Crippen LogP contribution in [0.15, 0.2) is 24.5 Å².